The third kappa shape index (κ3) is 7.36. The largest absolute Gasteiger partial charge is 0.489 e. The van der Waals surface area contributed by atoms with E-state index in [1.807, 2.05) is 0 Å². The van der Waals surface area contributed by atoms with Gasteiger partial charge in [-0.3, -0.25) is 4.79 Å². The van der Waals surface area contributed by atoms with Gasteiger partial charge in [-0.15, -0.1) is 0 Å². The highest BCUT2D eigenvalue weighted by Crippen LogP contribution is 2.34. The first-order valence-electron chi connectivity index (χ1n) is 8.82. The van der Waals surface area contributed by atoms with Crippen molar-refractivity contribution in [3.8, 4) is 5.75 Å². The number of benzene rings is 2. The quantitative estimate of drug-likeness (QED) is 0.561. The molecule has 29 heavy (non-hydrogen) atoms. The first-order chi connectivity index (χ1) is 13.3. The van der Waals surface area contributed by atoms with Crippen molar-refractivity contribution >= 4 is 21.9 Å². The van der Waals surface area contributed by atoms with Crippen LogP contribution in [0.1, 0.15) is 43.6 Å². The summed E-state index contributed by atoms with van der Waals surface area (Å²) in [4.78, 5) is 12.1. The molecule has 0 amide bonds. The number of para-hydroxylation sites is 1. The lowest BCUT2D eigenvalue weighted by Crippen LogP contribution is -2.25. The zero-order chi connectivity index (χ0) is 21.8. The Morgan fingerprint density at radius 1 is 1.14 bits per heavy atom. The van der Waals surface area contributed by atoms with Gasteiger partial charge < -0.3 is 14.6 Å². The molecule has 0 heterocycles. The third-order valence-corrected chi connectivity index (χ3v) is 4.19. The molecule has 0 saturated carbocycles. The van der Waals surface area contributed by atoms with E-state index in [0.717, 1.165) is 0 Å². The summed E-state index contributed by atoms with van der Waals surface area (Å²) in [7, 11) is 0. The zero-order valence-corrected chi connectivity index (χ0v) is 17.8. The number of carbonyl (C=O) groups is 1. The summed E-state index contributed by atoms with van der Waals surface area (Å²) in [6, 6.07) is 10.9. The molecule has 0 aliphatic carbocycles. The van der Waals surface area contributed by atoms with E-state index >= 15 is 0 Å². The van der Waals surface area contributed by atoms with Gasteiger partial charge in [0.05, 0.1) is 6.42 Å². The Morgan fingerprint density at radius 3 is 2.41 bits per heavy atom. The Kier molecular flexibility index (Phi) is 7.35. The van der Waals surface area contributed by atoms with E-state index in [4.69, 9.17) is 9.47 Å². The minimum atomic E-state index is -4.76. The van der Waals surface area contributed by atoms with E-state index in [1.54, 1.807) is 51.1 Å². The Labute approximate surface area is 175 Å². The number of aliphatic hydroxyl groups is 1. The van der Waals surface area contributed by atoms with Crippen LogP contribution in [0.3, 0.4) is 0 Å². The van der Waals surface area contributed by atoms with Crippen molar-refractivity contribution in [3.05, 3.63) is 63.6 Å². The second-order valence-electron chi connectivity index (χ2n) is 7.50. The standard InChI is InChI=1S/C21H22BrF3O4/c1-20(2,3)29-18(26)11-14-6-4-5-7-17(14)28-12-13-8-15(10-16(22)9-13)19(27)21(23,24)25/h4-10,19,27H,11-12H2,1-3H3. The smallest absolute Gasteiger partial charge is 0.418 e. The zero-order valence-electron chi connectivity index (χ0n) is 16.2. The Hall–Kier alpha value is -2.06. The number of carbonyl (C=O) groups excluding carboxylic acids is 1. The van der Waals surface area contributed by atoms with Gasteiger partial charge in [-0.05, 0) is 56.2 Å². The van der Waals surface area contributed by atoms with E-state index < -0.39 is 23.9 Å². The van der Waals surface area contributed by atoms with Gasteiger partial charge >= 0.3 is 12.1 Å². The minimum Gasteiger partial charge on any atom is -0.489 e. The molecule has 2 aromatic carbocycles. The highest BCUT2D eigenvalue weighted by molar-refractivity contribution is 9.10. The number of halogens is 4. The molecule has 0 bridgehead atoms. The van der Waals surface area contributed by atoms with Gasteiger partial charge in [0.15, 0.2) is 6.10 Å². The molecule has 1 N–H and O–H groups in total. The summed E-state index contributed by atoms with van der Waals surface area (Å²) in [5.41, 5.74) is 0.142. The minimum absolute atomic E-state index is 0.00393. The van der Waals surface area contributed by atoms with Crippen LogP contribution in [0, 0.1) is 0 Å². The number of alkyl halides is 3. The summed E-state index contributed by atoms with van der Waals surface area (Å²) in [5, 5.41) is 9.49. The third-order valence-electron chi connectivity index (χ3n) is 3.73. The van der Waals surface area contributed by atoms with Gasteiger partial charge in [0, 0.05) is 10.0 Å². The van der Waals surface area contributed by atoms with E-state index in [9.17, 15) is 23.1 Å². The topological polar surface area (TPSA) is 55.8 Å². The number of esters is 1. The molecule has 158 valence electrons. The molecule has 1 atom stereocenters. The van der Waals surface area contributed by atoms with Gasteiger partial charge in [0.1, 0.15) is 18.0 Å². The van der Waals surface area contributed by atoms with Crippen molar-refractivity contribution in [2.75, 3.05) is 0 Å². The van der Waals surface area contributed by atoms with Gasteiger partial charge in [-0.25, -0.2) is 0 Å². The van der Waals surface area contributed by atoms with Crippen molar-refractivity contribution in [1.82, 2.24) is 0 Å². The fourth-order valence-corrected chi connectivity index (χ4v) is 3.15. The van der Waals surface area contributed by atoms with Crippen LogP contribution in [0.4, 0.5) is 13.2 Å². The maximum absolute atomic E-state index is 12.8. The average molecular weight is 475 g/mol. The van der Waals surface area contributed by atoms with Gasteiger partial charge in [-0.2, -0.15) is 13.2 Å². The Bertz CT molecular complexity index is 860. The van der Waals surface area contributed by atoms with Crippen LogP contribution >= 0.6 is 15.9 Å². The van der Waals surface area contributed by atoms with Gasteiger partial charge in [0.2, 0.25) is 0 Å². The number of hydrogen-bond acceptors (Lipinski definition) is 4. The molecule has 2 aromatic rings. The number of aliphatic hydroxyl groups excluding tert-OH is 1. The van der Waals surface area contributed by atoms with E-state index in [-0.39, 0.29) is 18.6 Å². The number of hydrogen-bond donors (Lipinski definition) is 1. The van der Waals surface area contributed by atoms with Crippen LogP contribution < -0.4 is 4.74 Å². The molecule has 0 spiro atoms. The fourth-order valence-electron chi connectivity index (χ4n) is 2.59. The lowest BCUT2D eigenvalue weighted by atomic mass is 10.1. The second kappa shape index (κ2) is 9.17. The first-order valence-corrected chi connectivity index (χ1v) is 9.61. The van der Waals surface area contributed by atoms with Crippen molar-refractivity contribution in [2.45, 2.75) is 51.7 Å². The van der Waals surface area contributed by atoms with Crippen LogP contribution in [0.5, 0.6) is 5.75 Å². The van der Waals surface area contributed by atoms with Crippen molar-refractivity contribution in [1.29, 1.82) is 0 Å². The highest BCUT2D eigenvalue weighted by atomic mass is 79.9. The van der Waals surface area contributed by atoms with Crippen LogP contribution in [0.25, 0.3) is 0 Å². The highest BCUT2D eigenvalue weighted by Gasteiger charge is 2.39. The second-order valence-corrected chi connectivity index (χ2v) is 8.41. The Balaban J connectivity index is 2.15. The van der Waals surface area contributed by atoms with Crippen LogP contribution in [-0.2, 0) is 22.6 Å². The SMILES string of the molecule is CC(C)(C)OC(=O)Cc1ccccc1OCc1cc(Br)cc(C(O)C(F)(F)F)c1. The average Bonchev–Trinajstić information content (AvgIpc) is 2.57. The van der Waals surface area contributed by atoms with Crippen molar-refractivity contribution < 1.29 is 32.5 Å². The molecule has 0 aliphatic heterocycles. The van der Waals surface area contributed by atoms with Crippen molar-refractivity contribution in [3.63, 3.8) is 0 Å². The normalized spacial score (nSPS) is 13.1. The molecule has 0 aromatic heterocycles. The Morgan fingerprint density at radius 2 is 1.79 bits per heavy atom. The summed E-state index contributed by atoms with van der Waals surface area (Å²) < 4.78 is 49.8. The molecule has 0 radical (unpaired) electrons. The van der Waals surface area contributed by atoms with Crippen LogP contribution in [-0.4, -0.2) is 22.9 Å². The predicted octanol–water partition coefficient (Wildman–Crippen LogP) is 5.51. The lowest BCUT2D eigenvalue weighted by molar-refractivity contribution is -0.206. The summed E-state index contributed by atoms with van der Waals surface area (Å²) >= 11 is 3.15. The monoisotopic (exact) mass is 474 g/mol. The predicted molar refractivity (Wildman–Crippen MR) is 105 cm³/mol. The summed E-state index contributed by atoms with van der Waals surface area (Å²) in [5.74, 6) is 0.0165. The molecular weight excluding hydrogens is 453 g/mol. The summed E-state index contributed by atoms with van der Waals surface area (Å²) in [6.07, 6.45) is -7.35. The lowest BCUT2D eigenvalue weighted by Gasteiger charge is -2.20. The molecule has 0 fully saturated rings. The molecular formula is C21H22BrF3O4. The number of ether oxygens (including phenoxy) is 2. The van der Waals surface area contributed by atoms with Crippen LogP contribution in [0.2, 0.25) is 0 Å². The summed E-state index contributed by atoms with van der Waals surface area (Å²) in [6.45, 7) is 5.27. The van der Waals surface area contributed by atoms with Gasteiger partial charge in [0.25, 0.3) is 0 Å². The fraction of sp³-hybridized carbons (Fsp3) is 0.381. The number of rotatable bonds is 6. The van der Waals surface area contributed by atoms with E-state index in [2.05, 4.69) is 15.9 Å². The molecule has 2 rings (SSSR count). The molecule has 0 aliphatic rings. The molecule has 4 nitrogen and oxygen atoms in total. The van der Waals surface area contributed by atoms with Crippen molar-refractivity contribution in [2.24, 2.45) is 0 Å². The van der Waals surface area contributed by atoms with Gasteiger partial charge in [-0.1, -0.05) is 34.1 Å². The van der Waals surface area contributed by atoms with E-state index in [0.29, 0.717) is 21.3 Å². The molecule has 0 saturated heterocycles. The molecule has 1 unspecified atom stereocenters. The molecule has 8 heteroatoms. The maximum Gasteiger partial charge on any atom is 0.418 e. The van der Waals surface area contributed by atoms with E-state index in [1.165, 1.54) is 12.1 Å². The van der Waals surface area contributed by atoms with Crippen LogP contribution in [0.15, 0.2) is 46.9 Å². The first kappa shape index (κ1) is 23.2. The maximum atomic E-state index is 12.8.